The lowest BCUT2D eigenvalue weighted by Gasteiger charge is -2.49. The van der Waals surface area contributed by atoms with E-state index >= 15 is 0 Å². The van der Waals surface area contributed by atoms with E-state index in [1.165, 1.54) is 29.2 Å². The van der Waals surface area contributed by atoms with Crippen molar-refractivity contribution >= 4 is 78.7 Å². The third-order valence-corrected chi connectivity index (χ3v) is 13.2. The Labute approximate surface area is 358 Å². The molecule has 1 amide bonds. The Morgan fingerprint density at radius 1 is 0.879 bits per heavy atom. The molecule has 2 aromatic rings. The van der Waals surface area contributed by atoms with E-state index in [9.17, 15) is 32.7 Å². The minimum absolute atomic E-state index is 0.0135. The van der Waals surface area contributed by atoms with Gasteiger partial charge in [-0.1, -0.05) is 22.0 Å². The number of ketones is 1. The summed E-state index contributed by atoms with van der Waals surface area (Å²) in [7, 11) is 0. The maximum Gasteiger partial charge on any atom is 0.303 e. The maximum absolute atomic E-state index is 13.8. The monoisotopic (exact) mass is 951 g/mol. The lowest BCUT2D eigenvalue weighted by Crippen LogP contribution is -2.65. The summed E-state index contributed by atoms with van der Waals surface area (Å²) in [4.78, 5) is 84.7. The highest BCUT2D eigenvalue weighted by molar-refractivity contribution is 9.10. The van der Waals surface area contributed by atoms with Gasteiger partial charge < -0.3 is 23.8 Å². The summed E-state index contributed by atoms with van der Waals surface area (Å²) >= 11 is 6.74. The number of rotatable bonds is 10. The lowest BCUT2D eigenvalue weighted by atomic mass is 9.76. The number of nitrogens with zero attached hydrogens (tertiary/aromatic N) is 3. The van der Waals surface area contributed by atoms with Gasteiger partial charge in [-0.25, -0.2) is 0 Å². The van der Waals surface area contributed by atoms with Crippen LogP contribution in [0.2, 0.25) is 0 Å². The number of pyridine rings is 1. The average molecular weight is 954 g/mol. The van der Waals surface area contributed by atoms with Gasteiger partial charge in [-0.05, 0) is 108 Å². The Hall–Kier alpha value is -3.25. The highest BCUT2D eigenvalue weighted by atomic mass is 79.9. The van der Waals surface area contributed by atoms with Crippen LogP contribution in [0.3, 0.4) is 0 Å². The number of ether oxygens (including phenoxy) is 4. The molecule has 1 aromatic carbocycles. The highest BCUT2D eigenvalue weighted by Gasteiger charge is 2.56. The highest BCUT2D eigenvalue weighted by Crippen LogP contribution is 2.46. The molecule has 0 N–H and O–H groups in total. The van der Waals surface area contributed by atoms with Gasteiger partial charge >= 0.3 is 17.9 Å². The minimum atomic E-state index is -1.56. The van der Waals surface area contributed by atoms with Crippen LogP contribution in [0.5, 0.6) is 0 Å². The molecule has 1 aliphatic carbocycles. The predicted octanol–water partition coefficient (Wildman–Crippen LogP) is 5.97. The van der Waals surface area contributed by atoms with Crippen LogP contribution in [-0.2, 0) is 60.6 Å². The Morgan fingerprint density at radius 3 is 2.17 bits per heavy atom. The van der Waals surface area contributed by atoms with Gasteiger partial charge in [0.25, 0.3) is 5.12 Å². The zero-order valence-corrected chi connectivity index (χ0v) is 36.9. The van der Waals surface area contributed by atoms with Crippen molar-refractivity contribution in [1.82, 2.24) is 14.8 Å². The van der Waals surface area contributed by atoms with Gasteiger partial charge in [0.15, 0.2) is 12.2 Å². The normalized spacial score (nSPS) is 25.5. The van der Waals surface area contributed by atoms with Gasteiger partial charge in [0.05, 0.1) is 5.69 Å². The SMILES string of the molecule is CC(=O)OCC1OC(N2CCC(CC(=O)N3CCC(C4c5ncc(Br)cc5CCc5cc(C)cc(Br)c54)CC3)CC2)C(C(=O)C(=O)SF)C(OC(C)=O)C1OC(C)=O. The van der Waals surface area contributed by atoms with Crippen molar-refractivity contribution in [2.75, 3.05) is 32.8 Å². The summed E-state index contributed by atoms with van der Waals surface area (Å²) in [5, 5.41) is -1.43. The van der Waals surface area contributed by atoms with E-state index in [0.717, 1.165) is 54.2 Å². The van der Waals surface area contributed by atoms with E-state index in [4.69, 9.17) is 23.9 Å². The zero-order chi connectivity index (χ0) is 41.8. The molecule has 6 rings (SSSR count). The number of likely N-dealkylation sites (tertiary alicyclic amines) is 2. The largest absolute Gasteiger partial charge is 0.463 e. The van der Waals surface area contributed by atoms with Gasteiger partial charge in [-0.15, -0.1) is 0 Å². The molecule has 17 heteroatoms. The molecule has 0 spiro atoms. The van der Waals surface area contributed by atoms with Crippen molar-refractivity contribution in [3.05, 3.63) is 61.3 Å². The molecule has 3 aliphatic heterocycles. The molecule has 314 valence electrons. The molecule has 3 saturated heterocycles. The third-order valence-electron chi connectivity index (χ3n) is 11.7. The number of benzene rings is 1. The van der Waals surface area contributed by atoms with Crippen LogP contribution in [0, 0.1) is 24.7 Å². The fraction of sp³-hybridized carbons (Fsp3) is 0.585. The quantitative estimate of drug-likeness (QED) is 0.156. The summed E-state index contributed by atoms with van der Waals surface area (Å²) in [6.45, 7) is 6.98. The number of Topliss-reactive ketones (excluding diaryl/α,β-unsaturated/α-hetero) is 1. The fourth-order valence-electron chi connectivity index (χ4n) is 9.17. The Kier molecular flexibility index (Phi) is 14.8. The summed E-state index contributed by atoms with van der Waals surface area (Å²) in [6, 6.07) is 6.66. The number of carbonyl (C=O) groups excluding carboxylic acids is 6. The smallest absolute Gasteiger partial charge is 0.303 e. The second kappa shape index (κ2) is 19.4. The van der Waals surface area contributed by atoms with E-state index in [2.05, 4.69) is 57.0 Å². The topological polar surface area (TPSA) is 159 Å². The first kappa shape index (κ1) is 44.3. The van der Waals surface area contributed by atoms with Crippen molar-refractivity contribution in [3.8, 4) is 0 Å². The molecule has 0 bridgehead atoms. The standard InChI is InChI=1S/C41H48Br2FN3O10S/c1-21-15-27-5-6-28-18-29(42)19-45-36(28)34(33(27)30(43)16-21)26-9-13-46(14-10-26)32(51)17-25-7-11-47(12-8-25)40-35(37(52)41(53)58-44)39(56-24(4)50)38(55-23(3)49)31(57-40)20-54-22(2)48/h15-16,18-19,25-26,31,34-35,38-40H,5-14,17,20H2,1-4H3. The zero-order valence-electron chi connectivity index (χ0n) is 32.9. The average Bonchev–Trinajstić information content (AvgIpc) is 3.34. The summed E-state index contributed by atoms with van der Waals surface area (Å²) in [5.41, 5.74) is 6.21. The first-order chi connectivity index (χ1) is 27.6. The number of halogens is 3. The molecule has 6 atom stereocenters. The molecule has 1 aromatic heterocycles. The van der Waals surface area contributed by atoms with Crippen LogP contribution in [0.1, 0.15) is 86.7 Å². The molecule has 58 heavy (non-hydrogen) atoms. The van der Waals surface area contributed by atoms with Crippen LogP contribution in [0.15, 0.2) is 33.3 Å². The van der Waals surface area contributed by atoms with Gasteiger partial charge in [-0.3, -0.25) is 38.7 Å². The summed E-state index contributed by atoms with van der Waals surface area (Å²) < 4.78 is 38.0. The number of aryl methyl sites for hydroxylation is 3. The Bertz CT molecular complexity index is 1920. The van der Waals surface area contributed by atoms with Crippen LogP contribution < -0.4 is 0 Å². The molecular formula is C41H48Br2FN3O10S. The van der Waals surface area contributed by atoms with Gasteiger partial charge in [0.2, 0.25) is 11.7 Å². The Morgan fingerprint density at radius 2 is 1.53 bits per heavy atom. The van der Waals surface area contributed by atoms with Crippen LogP contribution >= 0.6 is 44.0 Å². The van der Waals surface area contributed by atoms with Gasteiger partial charge in [0, 0.05) is 74.4 Å². The first-order valence-corrected chi connectivity index (χ1v) is 21.9. The number of amides is 1. The molecule has 4 aliphatic rings. The van der Waals surface area contributed by atoms with Crippen LogP contribution in [-0.4, -0.2) is 107 Å². The lowest BCUT2D eigenvalue weighted by molar-refractivity contribution is -0.257. The molecular weight excluding hydrogens is 905 g/mol. The van der Waals surface area contributed by atoms with Gasteiger partial charge in [0.1, 0.15) is 37.0 Å². The molecule has 0 saturated carbocycles. The molecule has 3 fully saturated rings. The second-order valence-electron chi connectivity index (χ2n) is 15.7. The molecule has 13 nitrogen and oxygen atoms in total. The third kappa shape index (κ3) is 10.2. The Balaban J connectivity index is 1.13. The van der Waals surface area contributed by atoms with Crippen LogP contribution in [0.4, 0.5) is 3.89 Å². The number of carbonyl (C=O) groups is 6. The molecule has 6 unspecified atom stereocenters. The summed E-state index contributed by atoms with van der Waals surface area (Å²) in [6.07, 6.45) is 1.40. The van der Waals surface area contributed by atoms with Crippen molar-refractivity contribution < 1.29 is 51.6 Å². The van der Waals surface area contributed by atoms with Crippen LogP contribution in [0.25, 0.3) is 0 Å². The van der Waals surface area contributed by atoms with E-state index < -0.39 is 78.0 Å². The van der Waals surface area contributed by atoms with Crippen molar-refractivity contribution in [2.24, 2.45) is 17.8 Å². The molecule has 4 heterocycles. The fourth-order valence-corrected chi connectivity index (χ4v) is 10.6. The minimum Gasteiger partial charge on any atom is -0.463 e. The number of hydrogen-bond acceptors (Lipinski definition) is 13. The van der Waals surface area contributed by atoms with E-state index in [0.29, 0.717) is 51.4 Å². The molecule has 0 radical (unpaired) electrons. The predicted molar refractivity (Wildman–Crippen MR) is 217 cm³/mol. The van der Waals surface area contributed by atoms with Crippen molar-refractivity contribution in [2.45, 2.75) is 103 Å². The van der Waals surface area contributed by atoms with Gasteiger partial charge in [-0.2, -0.15) is 3.89 Å². The number of esters is 3. The van der Waals surface area contributed by atoms with Crippen molar-refractivity contribution in [1.29, 1.82) is 0 Å². The van der Waals surface area contributed by atoms with E-state index in [1.54, 1.807) is 4.90 Å². The van der Waals surface area contributed by atoms with Crippen molar-refractivity contribution in [3.63, 3.8) is 0 Å². The van der Waals surface area contributed by atoms with E-state index in [1.807, 2.05) is 11.1 Å². The number of piperidine rings is 2. The number of aromatic nitrogens is 1. The second-order valence-corrected chi connectivity index (χ2v) is 18.0. The van der Waals surface area contributed by atoms with E-state index in [-0.39, 0.29) is 17.7 Å². The summed E-state index contributed by atoms with van der Waals surface area (Å²) in [5.74, 6) is -4.60. The number of hydrogen-bond donors (Lipinski definition) is 0. The maximum atomic E-state index is 13.8. The number of fused-ring (bicyclic) bond motifs is 2. The first-order valence-electron chi connectivity index (χ1n) is 19.6.